The van der Waals surface area contributed by atoms with Gasteiger partial charge in [0.15, 0.2) is 0 Å². The summed E-state index contributed by atoms with van der Waals surface area (Å²) in [5.74, 6) is 0.487. The van der Waals surface area contributed by atoms with Gasteiger partial charge in [-0.05, 0) is 55.2 Å². The summed E-state index contributed by atoms with van der Waals surface area (Å²) in [5.41, 5.74) is 14.6. The minimum absolute atomic E-state index is 0.333. The summed E-state index contributed by atoms with van der Waals surface area (Å²) in [6.07, 6.45) is 3.59. The second-order valence-electron chi connectivity index (χ2n) is 9.13. The number of aliphatic hydroxyl groups excluding tert-OH is 2. The number of methoxy groups -OCH3 is 1. The van der Waals surface area contributed by atoms with Gasteiger partial charge < -0.3 is 31.0 Å². The minimum Gasteiger partial charge on any atom is -0.398 e. The van der Waals surface area contributed by atoms with Gasteiger partial charge in [-0.15, -0.1) is 0 Å². The van der Waals surface area contributed by atoms with Crippen LogP contribution in [0.25, 0.3) is 21.9 Å². The molecule has 1 aromatic carbocycles. The highest BCUT2D eigenvalue weighted by atomic mass is 16.5. The molecule has 1 aliphatic rings. The predicted octanol–water partition coefficient (Wildman–Crippen LogP) is 2.68. The van der Waals surface area contributed by atoms with Crippen LogP contribution in [0.3, 0.4) is 0 Å². The molecule has 4 atom stereocenters. The number of aromatic nitrogens is 3. The van der Waals surface area contributed by atoms with E-state index in [2.05, 4.69) is 16.0 Å². The van der Waals surface area contributed by atoms with Gasteiger partial charge in [0.05, 0.1) is 24.3 Å². The van der Waals surface area contributed by atoms with Gasteiger partial charge >= 0.3 is 0 Å². The standard InChI is InChI=1S/C25H29N5O3/c1-33-14-25(9-6-15-2-3-16-4-5-21(27)29-19(16)12-15)13-20(22(31)23(25)32)30-11-8-17-18(26)7-10-28-24(17)30/h2-5,7-8,10-12,20,22-23,31-32H,6,9,13-14H2,1H3,(H2,26,28)(H2,27,29)/t20-,22+,23+,25+/m1/s1. The Hall–Kier alpha value is -3.20. The van der Waals surface area contributed by atoms with Crippen LogP contribution < -0.4 is 11.5 Å². The first-order valence-corrected chi connectivity index (χ1v) is 11.1. The molecule has 0 bridgehead atoms. The van der Waals surface area contributed by atoms with Gasteiger partial charge in [0.25, 0.3) is 0 Å². The first-order valence-electron chi connectivity index (χ1n) is 11.1. The van der Waals surface area contributed by atoms with Gasteiger partial charge in [0, 0.05) is 41.4 Å². The van der Waals surface area contributed by atoms with Gasteiger partial charge in [0.2, 0.25) is 0 Å². The molecule has 5 rings (SSSR count). The maximum absolute atomic E-state index is 11.2. The lowest BCUT2D eigenvalue weighted by molar-refractivity contribution is -0.0598. The SMILES string of the molecule is COC[C@]1(CCc2ccc3ccc(N)nc3c2)C[C@@H](n2ccc3c(N)ccnc32)[C@H](O)[C@@H]1O. The Kier molecular flexibility index (Phi) is 5.44. The Labute approximate surface area is 191 Å². The van der Waals surface area contributed by atoms with Gasteiger partial charge in [-0.2, -0.15) is 0 Å². The van der Waals surface area contributed by atoms with Crippen LogP contribution in [0.15, 0.2) is 54.9 Å². The fourth-order valence-electron chi connectivity index (χ4n) is 5.32. The third-order valence-corrected chi connectivity index (χ3v) is 7.09. The lowest BCUT2D eigenvalue weighted by atomic mass is 9.79. The number of nitrogen functional groups attached to an aromatic ring is 2. The lowest BCUT2D eigenvalue weighted by Crippen LogP contribution is -2.40. The zero-order chi connectivity index (χ0) is 23.2. The van der Waals surface area contributed by atoms with Gasteiger partial charge in [-0.1, -0.05) is 12.1 Å². The lowest BCUT2D eigenvalue weighted by Gasteiger charge is -2.32. The van der Waals surface area contributed by atoms with E-state index in [0.29, 0.717) is 43.0 Å². The first kappa shape index (κ1) is 21.6. The zero-order valence-corrected chi connectivity index (χ0v) is 18.6. The van der Waals surface area contributed by atoms with Crippen molar-refractivity contribution in [3.05, 3.63) is 60.4 Å². The summed E-state index contributed by atoms with van der Waals surface area (Å²) in [6.45, 7) is 0.343. The zero-order valence-electron chi connectivity index (χ0n) is 18.6. The van der Waals surface area contributed by atoms with Crippen LogP contribution in [0.1, 0.15) is 24.4 Å². The smallest absolute Gasteiger partial charge is 0.142 e. The molecule has 3 heterocycles. The summed E-state index contributed by atoms with van der Waals surface area (Å²) < 4.78 is 7.48. The molecular weight excluding hydrogens is 418 g/mol. The summed E-state index contributed by atoms with van der Waals surface area (Å²) >= 11 is 0. The summed E-state index contributed by atoms with van der Waals surface area (Å²) in [6, 6.07) is 13.2. The predicted molar refractivity (Wildman–Crippen MR) is 129 cm³/mol. The number of rotatable bonds is 6. The van der Waals surface area contributed by atoms with Gasteiger partial charge in [0.1, 0.15) is 17.6 Å². The molecule has 1 saturated carbocycles. The topological polar surface area (TPSA) is 132 Å². The van der Waals surface area contributed by atoms with Crippen LogP contribution in [0, 0.1) is 5.41 Å². The third-order valence-electron chi connectivity index (χ3n) is 7.09. The molecule has 1 aliphatic carbocycles. The van der Waals surface area contributed by atoms with Crippen LogP contribution in [-0.2, 0) is 11.2 Å². The summed E-state index contributed by atoms with van der Waals surface area (Å²) in [4.78, 5) is 8.89. The second-order valence-corrected chi connectivity index (χ2v) is 9.13. The molecule has 6 N–H and O–H groups in total. The number of nitrogens with zero attached hydrogens (tertiary/aromatic N) is 3. The number of aryl methyl sites for hydroxylation is 1. The van der Waals surface area contributed by atoms with E-state index in [4.69, 9.17) is 16.2 Å². The van der Waals surface area contributed by atoms with E-state index < -0.39 is 17.6 Å². The number of ether oxygens (including phenoxy) is 1. The molecule has 4 aromatic rings. The molecule has 0 aliphatic heterocycles. The first-order chi connectivity index (χ1) is 15.9. The quantitative estimate of drug-likeness (QED) is 0.357. The van der Waals surface area contributed by atoms with Crippen LogP contribution >= 0.6 is 0 Å². The van der Waals surface area contributed by atoms with Crippen LogP contribution in [0.2, 0.25) is 0 Å². The van der Waals surface area contributed by atoms with Crippen molar-refractivity contribution in [2.75, 3.05) is 25.2 Å². The highest BCUT2D eigenvalue weighted by molar-refractivity contribution is 5.88. The molecule has 8 heteroatoms. The Morgan fingerprint density at radius 3 is 2.79 bits per heavy atom. The number of benzene rings is 1. The van der Waals surface area contributed by atoms with E-state index in [0.717, 1.165) is 21.9 Å². The molecule has 0 radical (unpaired) electrons. The minimum atomic E-state index is -0.947. The summed E-state index contributed by atoms with van der Waals surface area (Å²) in [5, 5.41) is 24.2. The molecule has 8 nitrogen and oxygen atoms in total. The van der Waals surface area contributed by atoms with E-state index in [9.17, 15) is 10.2 Å². The number of fused-ring (bicyclic) bond motifs is 2. The number of nitrogens with two attached hydrogens (primary N) is 2. The average molecular weight is 448 g/mol. The highest BCUT2D eigenvalue weighted by Gasteiger charge is 2.53. The van der Waals surface area contributed by atoms with Gasteiger partial charge in [-0.25, -0.2) is 9.97 Å². The van der Waals surface area contributed by atoms with Crippen molar-refractivity contribution in [1.29, 1.82) is 0 Å². The molecule has 1 fully saturated rings. The number of anilines is 2. The molecule has 0 amide bonds. The fourth-order valence-corrected chi connectivity index (χ4v) is 5.32. The Morgan fingerprint density at radius 1 is 1.15 bits per heavy atom. The van der Waals surface area contributed by atoms with Gasteiger partial charge in [-0.3, -0.25) is 0 Å². The van der Waals surface area contributed by atoms with E-state index in [-0.39, 0.29) is 6.04 Å². The number of hydrogen-bond donors (Lipinski definition) is 4. The van der Waals surface area contributed by atoms with Crippen molar-refractivity contribution in [2.24, 2.45) is 5.41 Å². The van der Waals surface area contributed by atoms with Crippen molar-refractivity contribution in [2.45, 2.75) is 37.5 Å². The Morgan fingerprint density at radius 2 is 1.97 bits per heavy atom. The molecule has 172 valence electrons. The number of aliphatic hydroxyl groups is 2. The van der Waals surface area contributed by atoms with Crippen molar-refractivity contribution in [3.8, 4) is 0 Å². The maximum atomic E-state index is 11.2. The van der Waals surface area contributed by atoms with Crippen molar-refractivity contribution >= 4 is 33.4 Å². The average Bonchev–Trinajstić information content (AvgIpc) is 3.34. The van der Waals surface area contributed by atoms with Crippen LogP contribution in [0.5, 0.6) is 0 Å². The largest absolute Gasteiger partial charge is 0.398 e. The van der Waals surface area contributed by atoms with Crippen molar-refractivity contribution in [3.63, 3.8) is 0 Å². The Bertz CT molecular complexity index is 1310. The molecule has 0 spiro atoms. The van der Waals surface area contributed by atoms with E-state index >= 15 is 0 Å². The molecule has 33 heavy (non-hydrogen) atoms. The van der Waals surface area contributed by atoms with E-state index in [1.807, 2.05) is 35.0 Å². The normalized spacial score (nSPS) is 25.2. The molecule has 0 saturated heterocycles. The van der Waals surface area contributed by atoms with Crippen molar-refractivity contribution < 1.29 is 14.9 Å². The maximum Gasteiger partial charge on any atom is 0.142 e. The fraction of sp³-hybridized carbons (Fsp3) is 0.360. The van der Waals surface area contributed by atoms with E-state index in [1.165, 1.54) is 0 Å². The third kappa shape index (κ3) is 3.70. The van der Waals surface area contributed by atoms with Crippen LogP contribution in [-0.4, -0.2) is 50.7 Å². The Balaban J connectivity index is 1.43. The molecule has 0 unspecified atom stereocenters. The highest BCUT2D eigenvalue weighted by Crippen LogP contribution is 2.48. The number of pyridine rings is 2. The van der Waals surface area contributed by atoms with Crippen LogP contribution in [0.4, 0.5) is 11.5 Å². The molecular formula is C25H29N5O3. The molecule has 3 aromatic heterocycles. The van der Waals surface area contributed by atoms with E-state index in [1.54, 1.807) is 25.4 Å². The van der Waals surface area contributed by atoms with Crippen molar-refractivity contribution in [1.82, 2.24) is 14.5 Å². The second kappa shape index (κ2) is 8.30. The summed E-state index contributed by atoms with van der Waals surface area (Å²) in [7, 11) is 1.63. The number of hydrogen-bond acceptors (Lipinski definition) is 7. The monoisotopic (exact) mass is 447 g/mol.